The maximum atomic E-state index is 12.0. The van der Waals surface area contributed by atoms with Crippen molar-refractivity contribution in [3.05, 3.63) is 33.8 Å². The lowest BCUT2D eigenvalue weighted by Crippen LogP contribution is -2.28. The van der Waals surface area contributed by atoms with Gasteiger partial charge in [0, 0.05) is 15.3 Å². The van der Waals surface area contributed by atoms with Gasteiger partial charge in [0.25, 0.3) is 0 Å². The van der Waals surface area contributed by atoms with Crippen molar-refractivity contribution in [3.8, 4) is 0 Å². The Bertz CT molecular complexity index is 475. The summed E-state index contributed by atoms with van der Waals surface area (Å²) < 4.78 is 0. The van der Waals surface area contributed by atoms with Gasteiger partial charge < -0.3 is 5.32 Å². The van der Waals surface area contributed by atoms with Gasteiger partial charge in [0.15, 0.2) is 0 Å². The van der Waals surface area contributed by atoms with Gasteiger partial charge in [-0.05, 0) is 37.5 Å². The highest BCUT2D eigenvalue weighted by Gasteiger charge is 2.18. The second kappa shape index (κ2) is 7.58. The zero-order valence-corrected chi connectivity index (χ0v) is 13.8. The van der Waals surface area contributed by atoms with E-state index in [2.05, 4.69) is 5.32 Å². The van der Waals surface area contributed by atoms with Crippen LogP contribution in [0.15, 0.2) is 18.2 Å². The Balaban J connectivity index is 1.83. The third-order valence-corrected chi connectivity index (χ3v) is 5.49. The smallest absolute Gasteiger partial charge is 0.230 e. The first-order valence-corrected chi connectivity index (χ1v) is 8.72. The van der Waals surface area contributed by atoms with Crippen LogP contribution in [0.25, 0.3) is 0 Å². The zero-order chi connectivity index (χ0) is 14.5. The van der Waals surface area contributed by atoms with Gasteiger partial charge in [-0.3, -0.25) is 4.79 Å². The number of amides is 1. The van der Waals surface area contributed by atoms with Crippen LogP contribution < -0.4 is 5.32 Å². The van der Waals surface area contributed by atoms with Gasteiger partial charge >= 0.3 is 0 Å². The molecule has 1 saturated carbocycles. The SMILES string of the molecule is CC(NC(=O)CSC1CCCC1)c1ccc(Cl)cc1Cl. The van der Waals surface area contributed by atoms with Crippen molar-refractivity contribution in [1.29, 1.82) is 0 Å². The number of benzene rings is 1. The van der Waals surface area contributed by atoms with Crippen molar-refractivity contribution in [2.75, 3.05) is 5.75 Å². The molecule has 5 heteroatoms. The fourth-order valence-corrected chi connectivity index (χ4v) is 4.17. The fraction of sp³-hybridized carbons (Fsp3) is 0.533. The molecule has 0 aliphatic heterocycles. The van der Waals surface area contributed by atoms with Crippen LogP contribution in [0.1, 0.15) is 44.2 Å². The molecule has 2 nitrogen and oxygen atoms in total. The summed E-state index contributed by atoms with van der Waals surface area (Å²) in [6.07, 6.45) is 5.10. The van der Waals surface area contributed by atoms with Gasteiger partial charge in [-0.2, -0.15) is 0 Å². The summed E-state index contributed by atoms with van der Waals surface area (Å²) in [5, 5.41) is 4.85. The predicted molar refractivity (Wildman–Crippen MR) is 87.7 cm³/mol. The molecule has 1 aliphatic carbocycles. The van der Waals surface area contributed by atoms with E-state index >= 15 is 0 Å². The van der Waals surface area contributed by atoms with Crippen LogP contribution in [0.4, 0.5) is 0 Å². The maximum Gasteiger partial charge on any atom is 0.230 e. The molecule has 1 unspecified atom stereocenters. The van der Waals surface area contributed by atoms with Crippen molar-refractivity contribution < 1.29 is 4.79 Å². The van der Waals surface area contributed by atoms with Crippen LogP contribution in [0.2, 0.25) is 10.0 Å². The summed E-state index contributed by atoms with van der Waals surface area (Å²) in [5.41, 5.74) is 0.898. The number of nitrogens with one attached hydrogen (secondary N) is 1. The zero-order valence-electron chi connectivity index (χ0n) is 11.5. The number of carbonyl (C=O) groups excluding carboxylic acids is 1. The van der Waals surface area contributed by atoms with Crippen LogP contribution in [-0.4, -0.2) is 16.9 Å². The van der Waals surface area contributed by atoms with Crippen LogP contribution in [0.5, 0.6) is 0 Å². The molecule has 0 radical (unpaired) electrons. The maximum absolute atomic E-state index is 12.0. The molecule has 0 saturated heterocycles. The topological polar surface area (TPSA) is 29.1 Å². The lowest BCUT2D eigenvalue weighted by molar-refractivity contribution is -0.119. The van der Waals surface area contributed by atoms with Gasteiger partial charge in [-0.25, -0.2) is 0 Å². The molecule has 1 N–H and O–H groups in total. The third kappa shape index (κ3) is 4.57. The highest BCUT2D eigenvalue weighted by atomic mass is 35.5. The minimum absolute atomic E-state index is 0.0698. The van der Waals surface area contributed by atoms with E-state index in [1.807, 2.05) is 13.0 Å². The standard InChI is InChI=1S/C15H19Cl2NOS/c1-10(13-7-6-11(16)8-14(13)17)18-15(19)9-20-12-4-2-3-5-12/h6-8,10,12H,2-5,9H2,1H3,(H,18,19). The Hall–Kier alpha value is -0.380. The molecule has 0 spiro atoms. The molecule has 20 heavy (non-hydrogen) atoms. The van der Waals surface area contributed by atoms with E-state index in [1.54, 1.807) is 23.9 Å². The van der Waals surface area contributed by atoms with Crippen molar-refractivity contribution in [1.82, 2.24) is 5.32 Å². The van der Waals surface area contributed by atoms with E-state index < -0.39 is 0 Å². The van der Waals surface area contributed by atoms with E-state index in [4.69, 9.17) is 23.2 Å². The van der Waals surface area contributed by atoms with Gasteiger partial charge in [0.05, 0.1) is 11.8 Å². The molecule has 2 rings (SSSR count). The van der Waals surface area contributed by atoms with Crippen LogP contribution >= 0.6 is 35.0 Å². The predicted octanol–water partition coefficient (Wildman–Crippen LogP) is 4.85. The Morgan fingerprint density at radius 1 is 1.40 bits per heavy atom. The fourth-order valence-electron chi connectivity index (χ4n) is 2.46. The lowest BCUT2D eigenvalue weighted by Gasteiger charge is -2.16. The van der Waals surface area contributed by atoms with Gasteiger partial charge in [0.1, 0.15) is 0 Å². The Labute approximate surface area is 134 Å². The summed E-state index contributed by atoms with van der Waals surface area (Å²) in [4.78, 5) is 12.0. The van der Waals surface area contributed by atoms with E-state index in [1.165, 1.54) is 25.7 Å². The largest absolute Gasteiger partial charge is 0.349 e. The molecule has 0 aromatic heterocycles. The van der Waals surface area contributed by atoms with Crippen molar-refractivity contribution in [2.24, 2.45) is 0 Å². The lowest BCUT2D eigenvalue weighted by atomic mass is 10.1. The minimum atomic E-state index is -0.101. The second-order valence-electron chi connectivity index (χ2n) is 5.17. The number of hydrogen-bond donors (Lipinski definition) is 1. The minimum Gasteiger partial charge on any atom is -0.349 e. The van der Waals surface area contributed by atoms with Gasteiger partial charge in [-0.1, -0.05) is 42.1 Å². The number of halogens is 2. The second-order valence-corrected chi connectivity index (χ2v) is 7.30. The molecule has 0 bridgehead atoms. The number of hydrogen-bond acceptors (Lipinski definition) is 2. The normalized spacial score (nSPS) is 17.1. The summed E-state index contributed by atoms with van der Waals surface area (Å²) in [6, 6.07) is 5.25. The van der Waals surface area contributed by atoms with Crippen LogP contribution in [0.3, 0.4) is 0 Å². The summed E-state index contributed by atoms with van der Waals surface area (Å²) >= 11 is 13.8. The third-order valence-electron chi connectivity index (χ3n) is 3.56. The average molecular weight is 332 g/mol. The highest BCUT2D eigenvalue weighted by molar-refractivity contribution is 8.00. The molecule has 0 heterocycles. The van der Waals surface area contributed by atoms with Crippen molar-refractivity contribution in [3.63, 3.8) is 0 Å². The summed E-state index contributed by atoms with van der Waals surface area (Å²) in [6.45, 7) is 1.94. The molecule has 1 aliphatic rings. The molecule has 1 aromatic rings. The number of thioether (sulfide) groups is 1. The van der Waals surface area contributed by atoms with Gasteiger partial charge in [0.2, 0.25) is 5.91 Å². The molecule has 1 amide bonds. The van der Waals surface area contributed by atoms with Crippen molar-refractivity contribution >= 4 is 40.9 Å². The van der Waals surface area contributed by atoms with Crippen LogP contribution in [0, 0.1) is 0 Å². The van der Waals surface area contributed by atoms with Crippen LogP contribution in [-0.2, 0) is 4.79 Å². The van der Waals surface area contributed by atoms with E-state index in [0.29, 0.717) is 21.0 Å². The summed E-state index contributed by atoms with van der Waals surface area (Å²) in [7, 11) is 0. The quantitative estimate of drug-likeness (QED) is 0.835. The Kier molecular flexibility index (Phi) is 6.06. The summed E-state index contributed by atoms with van der Waals surface area (Å²) in [5.74, 6) is 0.598. The van der Waals surface area contributed by atoms with E-state index in [9.17, 15) is 4.79 Å². The first kappa shape index (κ1) is 16.0. The average Bonchev–Trinajstić information content (AvgIpc) is 2.89. The highest BCUT2D eigenvalue weighted by Crippen LogP contribution is 2.29. The molecular weight excluding hydrogens is 313 g/mol. The molecule has 1 fully saturated rings. The van der Waals surface area contributed by atoms with Crippen molar-refractivity contribution in [2.45, 2.75) is 43.9 Å². The molecule has 110 valence electrons. The molecule has 1 atom stereocenters. The first-order chi connectivity index (χ1) is 9.56. The first-order valence-electron chi connectivity index (χ1n) is 6.92. The number of rotatable bonds is 5. The molecule has 1 aromatic carbocycles. The monoisotopic (exact) mass is 331 g/mol. The Morgan fingerprint density at radius 3 is 2.75 bits per heavy atom. The molecular formula is C15H19Cl2NOS. The van der Waals surface area contributed by atoms with E-state index in [0.717, 1.165) is 5.56 Å². The van der Waals surface area contributed by atoms with Gasteiger partial charge in [-0.15, -0.1) is 11.8 Å². The van der Waals surface area contributed by atoms with E-state index in [-0.39, 0.29) is 11.9 Å². The Morgan fingerprint density at radius 2 is 2.10 bits per heavy atom. The number of carbonyl (C=O) groups is 1.